The summed E-state index contributed by atoms with van der Waals surface area (Å²) in [4.78, 5) is 25.2. The number of ether oxygens (including phenoxy) is 2. The Balaban J connectivity index is 2.03. The Morgan fingerprint density at radius 2 is 2.20 bits per heavy atom. The van der Waals surface area contributed by atoms with Crippen molar-refractivity contribution in [2.24, 2.45) is 0 Å². The van der Waals surface area contributed by atoms with Gasteiger partial charge in [-0.1, -0.05) is 0 Å². The number of nitrogens with zero attached hydrogens (tertiary/aromatic N) is 1. The maximum absolute atomic E-state index is 11.6. The molecule has 1 aliphatic rings. The van der Waals surface area contributed by atoms with Crippen molar-refractivity contribution >= 4 is 11.9 Å². The van der Waals surface area contributed by atoms with Gasteiger partial charge in [0.15, 0.2) is 0 Å². The van der Waals surface area contributed by atoms with Crippen molar-refractivity contribution in [2.45, 2.75) is 32.4 Å². The number of hydrogen-bond donors (Lipinski definition) is 0. The smallest absolute Gasteiger partial charge is 0.374 e. The summed E-state index contributed by atoms with van der Waals surface area (Å²) in [5.41, 5.74) is 0.730. The predicted molar refractivity (Wildman–Crippen MR) is 70.1 cm³/mol. The molecule has 0 spiro atoms. The van der Waals surface area contributed by atoms with Crippen molar-refractivity contribution in [1.82, 2.24) is 4.90 Å². The molecule has 6 nitrogen and oxygen atoms in total. The SMILES string of the molecule is CCOC(=O)CN(Cc1ccoc1C(=O)OC)C1CC1. The molecule has 6 heteroatoms. The zero-order valence-corrected chi connectivity index (χ0v) is 11.8. The highest BCUT2D eigenvalue weighted by Crippen LogP contribution is 2.29. The van der Waals surface area contributed by atoms with Crippen LogP contribution in [0.5, 0.6) is 0 Å². The number of carbonyl (C=O) groups is 2. The van der Waals surface area contributed by atoms with Gasteiger partial charge >= 0.3 is 11.9 Å². The van der Waals surface area contributed by atoms with Gasteiger partial charge in [0.05, 0.1) is 26.5 Å². The Kier molecular flexibility index (Phi) is 4.79. The molecule has 0 atom stereocenters. The minimum absolute atomic E-state index is 0.196. The Morgan fingerprint density at radius 3 is 2.80 bits per heavy atom. The highest BCUT2D eigenvalue weighted by Gasteiger charge is 2.32. The number of methoxy groups -OCH3 is 1. The topological polar surface area (TPSA) is 69.0 Å². The molecule has 0 aliphatic heterocycles. The molecule has 0 amide bonds. The first kappa shape index (κ1) is 14.6. The van der Waals surface area contributed by atoms with Crippen LogP contribution in [0.15, 0.2) is 16.7 Å². The van der Waals surface area contributed by atoms with Crippen LogP contribution in [0, 0.1) is 0 Å². The second kappa shape index (κ2) is 6.56. The third-order valence-electron chi connectivity index (χ3n) is 3.19. The summed E-state index contributed by atoms with van der Waals surface area (Å²) in [6.07, 6.45) is 3.58. The maximum atomic E-state index is 11.6. The zero-order valence-electron chi connectivity index (χ0n) is 11.8. The van der Waals surface area contributed by atoms with Gasteiger partial charge in [-0.05, 0) is 25.8 Å². The predicted octanol–water partition coefficient (Wildman–Crippen LogP) is 1.59. The van der Waals surface area contributed by atoms with E-state index < -0.39 is 5.97 Å². The van der Waals surface area contributed by atoms with E-state index in [9.17, 15) is 9.59 Å². The number of carbonyl (C=O) groups excluding carboxylic acids is 2. The van der Waals surface area contributed by atoms with Crippen LogP contribution in [0.25, 0.3) is 0 Å². The highest BCUT2D eigenvalue weighted by atomic mass is 16.5. The van der Waals surface area contributed by atoms with E-state index in [-0.39, 0.29) is 18.3 Å². The fourth-order valence-corrected chi connectivity index (χ4v) is 2.08. The lowest BCUT2D eigenvalue weighted by molar-refractivity contribution is -0.144. The van der Waals surface area contributed by atoms with E-state index in [2.05, 4.69) is 4.74 Å². The van der Waals surface area contributed by atoms with Gasteiger partial charge in [0.1, 0.15) is 0 Å². The van der Waals surface area contributed by atoms with E-state index in [1.165, 1.54) is 13.4 Å². The van der Waals surface area contributed by atoms with Crippen molar-refractivity contribution in [3.05, 3.63) is 23.7 Å². The minimum atomic E-state index is -0.503. The molecule has 0 radical (unpaired) electrons. The van der Waals surface area contributed by atoms with Gasteiger partial charge in [-0.15, -0.1) is 0 Å². The molecule has 1 aromatic heterocycles. The summed E-state index contributed by atoms with van der Waals surface area (Å²) in [5.74, 6) is -0.554. The van der Waals surface area contributed by atoms with E-state index in [0.29, 0.717) is 19.2 Å². The van der Waals surface area contributed by atoms with E-state index >= 15 is 0 Å². The van der Waals surface area contributed by atoms with E-state index in [0.717, 1.165) is 18.4 Å². The molecule has 20 heavy (non-hydrogen) atoms. The van der Waals surface area contributed by atoms with Crippen LogP contribution in [0.1, 0.15) is 35.9 Å². The average molecular weight is 281 g/mol. The van der Waals surface area contributed by atoms with Crippen LogP contribution in [-0.2, 0) is 20.8 Å². The van der Waals surface area contributed by atoms with Gasteiger partial charge in [-0.2, -0.15) is 0 Å². The number of esters is 2. The second-order valence-corrected chi connectivity index (χ2v) is 4.71. The molecule has 0 saturated heterocycles. The molecule has 1 saturated carbocycles. The first-order chi connectivity index (χ1) is 9.65. The van der Waals surface area contributed by atoms with Crippen LogP contribution >= 0.6 is 0 Å². The number of hydrogen-bond acceptors (Lipinski definition) is 6. The summed E-state index contributed by atoms with van der Waals surface area (Å²) in [5, 5.41) is 0. The molecule has 2 rings (SSSR count). The summed E-state index contributed by atoms with van der Waals surface area (Å²) in [7, 11) is 1.31. The van der Waals surface area contributed by atoms with E-state index in [1.54, 1.807) is 13.0 Å². The quantitative estimate of drug-likeness (QED) is 0.707. The average Bonchev–Trinajstić information content (AvgIpc) is 3.18. The lowest BCUT2D eigenvalue weighted by atomic mass is 10.2. The molecule has 1 aliphatic carbocycles. The van der Waals surface area contributed by atoms with E-state index in [4.69, 9.17) is 9.15 Å². The third kappa shape index (κ3) is 3.60. The summed E-state index contributed by atoms with van der Waals surface area (Å²) >= 11 is 0. The van der Waals surface area contributed by atoms with Crippen LogP contribution < -0.4 is 0 Å². The molecule has 0 bridgehead atoms. The molecular weight excluding hydrogens is 262 g/mol. The van der Waals surface area contributed by atoms with Crippen LogP contribution in [0.2, 0.25) is 0 Å². The summed E-state index contributed by atoms with van der Waals surface area (Å²) < 4.78 is 14.8. The molecular formula is C14H19NO5. The Bertz CT molecular complexity index is 478. The Hall–Kier alpha value is -1.82. The minimum Gasteiger partial charge on any atom is -0.465 e. The second-order valence-electron chi connectivity index (χ2n) is 4.71. The highest BCUT2D eigenvalue weighted by molar-refractivity contribution is 5.87. The first-order valence-electron chi connectivity index (χ1n) is 6.70. The van der Waals surface area contributed by atoms with Gasteiger partial charge < -0.3 is 13.9 Å². The number of furan rings is 1. The van der Waals surface area contributed by atoms with Crippen LogP contribution in [-0.4, -0.2) is 43.1 Å². The van der Waals surface area contributed by atoms with Crippen molar-refractivity contribution in [2.75, 3.05) is 20.3 Å². The Labute approximate surface area is 117 Å². The monoisotopic (exact) mass is 281 g/mol. The normalized spacial score (nSPS) is 14.3. The molecule has 1 fully saturated rings. The molecule has 0 aromatic carbocycles. The maximum Gasteiger partial charge on any atom is 0.374 e. The van der Waals surface area contributed by atoms with Gasteiger partial charge in [0.2, 0.25) is 5.76 Å². The lowest BCUT2D eigenvalue weighted by Crippen LogP contribution is -2.32. The van der Waals surface area contributed by atoms with Gasteiger partial charge in [0, 0.05) is 18.2 Å². The Morgan fingerprint density at radius 1 is 1.45 bits per heavy atom. The molecule has 0 unspecified atom stereocenters. The van der Waals surface area contributed by atoms with Gasteiger partial charge in [-0.25, -0.2) is 4.79 Å². The van der Waals surface area contributed by atoms with Gasteiger partial charge in [-0.3, -0.25) is 9.69 Å². The zero-order chi connectivity index (χ0) is 14.5. The molecule has 1 aromatic rings. The summed E-state index contributed by atoms with van der Waals surface area (Å²) in [6.45, 7) is 2.86. The summed E-state index contributed by atoms with van der Waals surface area (Å²) in [6, 6.07) is 2.10. The third-order valence-corrected chi connectivity index (χ3v) is 3.19. The first-order valence-corrected chi connectivity index (χ1v) is 6.70. The van der Waals surface area contributed by atoms with Crippen molar-refractivity contribution < 1.29 is 23.5 Å². The molecule has 1 heterocycles. The van der Waals surface area contributed by atoms with Crippen molar-refractivity contribution in [3.8, 4) is 0 Å². The van der Waals surface area contributed by atoms with Crippen LogP contribution in [0.3, 0.4) is 0 Å². The van der Waals surface area contributed by atoms with Crippen LogP contribution in [0.4, 0.5) is 0 Å². The molecule has 0 N–H and O–H groups in total. The van der Waals surface area contributed by atoms with Gasteiger partial charge in [0.25, 0.3) is 0 Å². The van der Waals surface area contributed by atoms with Crippen molar-refractivity contribution in [3.63, 3.8) is 0 Å². The molecule has 110 valence electrons. The number of rotatable bonds is 7. The lowest BCUT2D eigenvalue weighted by Gasteiger charge is -2.20. The largest absolute Gasteiger partial charge is 0.465 e. The van der Waals surface area contributed by atoms with E-state index in [1.807, 2.05) is 4.90 Å². The standard InChI is InChI=1S/C14H19NO5/c1-3-19-12(16)9-15(11-4-5-11)8-10-6-7-20-13(10)14(17)18-2/h6-7,11H,3-5,8-9H2,1-2H3. The van der Waals surface area contributed by atoms with Crippen molar-refractivity contribution in [1.29, 1.82) is 0 Å². The fourth-order valence-electron chi connectivity index (χ4n) is 2.08. The fraction of sp³-hybridized carbons (Fsp3) is 0.571.